The summed E-state index contributed by atoms with van der Waals surface area (Å²) in [5.41, 5.74) is 8.55. The molecular formula is C23H24N8O5S. The zero-order valence-electron chi connectivity index (χ0n) is 19.7. The molecule has 3 aromatic rings. The molecular weight excluding hydrogens is 500 g/mol. The Labute approximate surface area is 213 Å². The fourth-order valence-corrected chi connectivity index (χ4v) is 3.49. The number of rotatable bonds is 11. The molecule has 0 saturated carbocycles. The number of aliphatic hydroxyl groups excluding tert-OH is 1. The highest BCUT2D eigenvalue weighted by atomic mass is 32.2. The first kappa shape index (κ1) is 27.3. The first-order valence-electron chi connectivity index (χ1n) is 10.9. The summed E-state index contributed by atoms with van der Waals surface area (Å²) in [5.74, 6) is 0.413. The van der Waals surface area contributed by atoms with Gasteiger partial charge in [-0.1, -0.05) is 0 Å². The summed E-state index contributed by atoms with van der Waals surface area (Å²) in [7, 11) is -4.27. The second-order valence-corrected chi connectivity index (χ2v) is 8.88. The largest absolute Gasteiger partial charge is 0.394 e. The van der Waals surface area contributed by atoms with E-state index in [0.29, 0.717) is 41.6 Å². The van der Waals surface area contributed by atoms with E-state index in [1.54, 1.807) is 31.2 Å². The number of azo groups is 2. The second-order valence-electron chi connectivity index (χ2n) is 7.45. The topological polar surface area (TPSA) is 208 Å². The highest BCUT2D eigenvalue weighted by Gasteiger charge is 2.15. The zero-order valence-corrected chi connectivity index (χ0v) is 20.6. The van der Waals surface area contributed by atoms with Gasteiger partial charge >= 0.3 is 0 Å². The highest BCUT2D eigenvalue weighted by Crippen LogP contribution is 2.33. The molecule has 3 rings (SSSR count). The van der Waals surface area contributed by atoms with E-state index in [1.807, 2.05) is 0 Å². The number of nitrogens with one attached hydrogen (secondary N) is 1. The Kier molecular flexibility index (Phi) is 9.30. The molecule has 0 aliphatic heterocycles. The van der Waals surface area contributed by atoms with Crippen molar-refractivity contribution >= 4 is 44.5 Å². The van der Waals surface area contributed by atoms with Gasteiger partial charge in [-0.3, -0.25) is 4.55 Å². The molecule has 0 unspecified atom stereocenters. The lowest BCUT2D eigenvalue weighted by atomic mass is 10.1. The minimum atomic E-state index is -4.27. The van der Waals surface area contributed by atoms with Crippen molar-refractivity contribution in [2.24, 2.45) is 20.5 Å². The summed E-state index contributed by atoms with van der Waals surface area (Å²) in [5, 5.41) is 37.8. The van der Waals surface area contributed by atoms with Gasteiger partial charge in [0.15, 0.2) is 5.82 Å². The van der Waals surface area contributed by atoms with Gasteiger partial charge in [-0.05, 0) is 55.5 Å². The molecule has 0 atom stereocenters. The first-order chi connectivity index (χ1) is 17.7. The van der Waals surface area contributed by atoms with E-state index < -0.39 is 10.1 Å². The SMILES string of the molecule is Cc1c(C#N)c(NCCOCCO)nc(N)c1N=Nc1ccc(N=Nc2ccc(S(=O)(=O)O)cc2)cc1. The Bertz CT molecular complexity index is 1430. The number of ether oxygens (including phenoxy) is 1. The van der Waals surface area contributed by atoms with Crippen LogP contribution in [0, 0.1) is 18.3 Å². The molecule has 0 spiro atoms. The van der Waals surface area contributed by atoms with E-state index in [-0.39, 0.29) is 35.2 Å². The molecule has 0 aliphatic rings. The van der Waals surface area contributed by atoms with Gasteiger partial charge in [-0.15, -0.1) is 5.11 Å². The third-order valence-corrected chi connectivity index (χ3v) is 5.73. The lowest BCUT2D eigenvalue weighted by Crippen LogP contribution is -2.14. The third-order valence-electron chi connectivity index (χ3n) is 4.86. The molecule has 37 heavy (non-hydrogen) atoms. The molecule has 0 radical (unpaired) electrons. The molecule has 5 N–H and O–H groups in total. The van der Waals surface area contributed by atoms with Crippen LogP contribution in [0.3, 0.4) is 0 Å². The minimum Gasteiger partial charge on any atom is -0.394 e. The number of hydrogen-bond donors (Lipinski definition) is 4. The van der Waals surface area contributed by atoms with E-state index >= 15 is 0 Å². The Morgan fingerprint density at radius 3 is 2.05 bits per heavy atom. The van der Waals surface area contributed by atoms with Crippen molar-refractivity contribution in [3.05, 3.63) is 59.7 Å². The van der Waals surface area contributed by atoms with Gasteiger partial charge in [-0.2, -0.15) is 29.0 Å². The molecule has 1 aromatic heterocycles. The lowest BCUT2D eigenvalue weighted by molar-refractivity contribution is 0.0992. The van der Waals surface area contributed by atoms with Gasteiger partial charge in [0.1, 0.15) is 17.6 Å². The molecule has 1 heterocycles. The third kappa shape index (κ3) is 7.59. The van der Waals surface area contributed by atoms with Crippen LogP contribution in [0.4, 0.5) is 34.4 Å². The second kappa shape index (κ2) is 12.6. The number of nitrogens with two attached hydrogens (primary N) is 1. The summed E-state index contributed by atoms with van der Waals surface area (Å²) in [4.78, 5) is 4.00. The van der Waals surface area contributed by atoms with E-state index in [4.69, 9.17) is 20.1 Å². The Morgan fingerprint density at radius 2 is 1.54 bits per heavy atom. The average Bonchev–Trinajstić information content (AvgIpc) is 2.87. The van der Waals surface area contributed by atoms with Crippen molar-refractivity contribution in [1.29, 1.82) is 5.26 Å². The van der Waals surface area contributed by atoms with Crippen molar-refractivity contribution in [2.75, 3.05) is 37.4 Å². The number of pyridine rings is 1. The molecule has 0 amide bonds. The molecule has 0 fully saturated rings. The number of hydrogen-bond acceptors (Lipinski definition) is 12. The number of anilines is 2. The van der Waals surface area contributed by atoms with Crippen molar-refractivity contribution < 1.29 is 22.8 Å². The van der Waals surface area contributed by atoms with E-state index in [9.17, 15) is 13.7 Å². The summed E-state index contributed by atoms with van der Waals surface area (Å²) < 4.78 is 36.4. The average molecular weight is 525 g/mol. The maximum absolute atomic E-state index is 11.1. The van der Waals surface area contributed by atoms with Crippen LogP contribution in [0.15, 0.2) is 73.9 Å². The summed E-state index contributed by atoms with van der Waals surface area (Å²) in [6.45, 7) is 2.55. The van der Waals surface area contributed by atoms with Crippen LogP contribution in [-0.4, -0.2) is 49.4 Å². The standard InChI is InChI=1S/C23H24N8O5S/c1-15-20(14-24)23(26-10-12-36-13-11-32)27-22(25)21(15)31-30-17-4-2-16(3-5-17)28-29-18-6-8-19(9-7-18)37(33,34)35/h2-9,32H,10-13H2,1H3,(H3,25,26,27)(H,33,34,35). The van der Waals surface area contributed by atoms with Crippen molar-refractivity contribution in [2.45, 2.75) is 11.8 Å². The van der Waals surface area contributed by atoms with Crippen molar-refractivity contribution in [1.82, 2.24) is 4.98 Å². The fraction of sp³-hybridized carbons (Fsp3) is 0.217. The van der Waals surface area contributed by atoms with Gasteiger partial charge < -0.3 is 20.9 Å². The normalized spacial score (nSPS) is 11.7. The number of aliphatic hydroxyl groups is 1. The first-order valence-corrected chi connectivity index (χ1v) is 12.3. The quantitative estimate of drug-likeness (QED) is 0.159. The number of benzene rings is 2. The van der Waals surface area contributed by atoms with E-state index in [0.717, 1.165) is 0 Å². The van der Waals surface area contributed by atoms with Crippen molar-refractivity contribution in [3.8, 4) is 6.07 Å². The van der Waals surface area contributed by atoms with Gasteiger partial charge in [0.05, 0.1) is 47.3 Å². The molecule has 0 aliphatic carbocycles. The van der Waals surface area contributed by atoms with E-state index in [2.05, 4.69) is 36.8 Å². The van der Waals surface area contributed by atoms with Gasteiger partial charge in [0.2, 0.25) is 0 Å². The molecule has 2 aromatic carbocycles. The Morgan fingerprint density at radius 1 is 1.00 bits per heavy atom. The summed E-state index contributed by atoms with van der Waals surface area (Å²) >= 11 is 0. The number of nitrogen functional groups attached to an aromatic ring is 1. The van der Waals surface area contributed by atoms with Crippen LogP contribution < -0.4 is 11.1 Å². The van der Waals surface area contributed by atoms with E-state index in [1.165, 1.54) is 24.3 Å². The zero-order chi connectivity index (χ0) is 26.8. The Balaban J connectivity index is 1.69. The molecule has 192 valence electrons. The van der Waals surface area contributed by atoms with Gasteiger partial charge in [-0.25, -0.2) is 4.98 Å². The van der Waals surface area contributed by atoms with Gasteiger partial charge in [0, 0.05) is 12.1 Å². The van der Waals surface area contributed by atoms with Crippen LogP contribution in [0.1, 0.15) is 11.1 Å². The lowest BCUT2D eigenvalue weighted by Gasteiger charge is -2.12. The van der Waals surface area contributed by atoms with Crippen LogP contribution in [0.5, 0.6) is 0 Å². The fourth-order valence-electron chi connectivity index (χ4n) is 3.01. The number of nitrogens with zero attached hydrogens (tertiary/aromatic N) is 6. The summed E-state index contributed by atoms with van der Waals surface area (Å²) in [6, 6.07) is 14.0. The minimum absolute atomic E-state index is 0.0728. The number of aromatic nitrogens is 1. The maximum Gasteiger partial charge on any atom is 0.294 e. The number of nitriles is 1. The predicted octanol–water partition coefficient (Wildman–Crippen LogP) is 4.34. The van der Waals surface area contributed by atoms with Crippen LogP contribution in [-0.2, 0) is 14.9 Å². The molecule has 0 saturated heterocycles. The van der Waals surface area contributed by atoms with Crippen LogP contribution in [0.2, 0.25) is 0 Å². The maximum atomic E-state index is 11.1. The molecule has 13 nitrogen and oxygen atoms in total. The molecule has 14 heteroatoms. The molecule has 0 bridgehead atoms. The van der Waals surface area contributed by atoms with Crippen LogP contribution in [0.25, 0.3) is 0 Å². The van der Waals surface area contributed by atoms with Crippen molar-refractivity contribution in [3.63, 3.8) is 0 Å². The Hall–Kier alpha value is -4.29. The smallest absolute Gasteiger partial charge is 0.294 e. The van der Waals surface area contributed by atoms with Gasteiger partial charge in [0.25, 0.3) is 10.1 Å². The van der Waals surface area contributed by atoms with Crippen LogP contribution >= 0.6 is 0 Å². The highest BCUT2D eigenvalue weighted by molar-refractivity contribution is 7.85. The predicted molar refractivity (Wildman–Crippen MR) is 136 cm³/mol. The summed E-state index contributed by atoms with van der Waals surface area (Å²) in [6.07, 6.45) is 0. The monoisotopic (exact) mass is 524 g/mol.